The number of fused-ring (bicyclic) bond motifs is 4. The molecular weight excluding hydrogens is 444 g/mol. The zero-order valence-electron chi connectivity index (χ0n) is 18.9. The standard InChI is InChI=1S/C26H26N6OS/c33-22(3-1-2-9-32-10-8-27-16-32)17-5-7-21-23(12-17)34-26-24(21)25(29-15-30-26)31-20-6-4-18-13-28-14-19(18)11-20/h4,6,8,10-11,14-17H,1-3,5,7,9,12-13H2,(H,29,30,31). The minimum Gasteiger partial charge on any atom is -0.340 e. The van der Waals surface area contributed by atoms with Crippen LogP contribution < -0.4 is 5.32 Å². The Bertz CT molecular complexity index is 1370. The Morgan fingerprint density at radius 3 is 3.12 bits per heavy atom. The summed E-state index contributed by atoms with van der Waals surface area (Å²) in [7, 11) is 0. The number of carbonyl (C=O) groups excluding carboxylic acids is 1. The molecule has 0 saturated carbocycles. The molecule has 0 bridgehead atoms. The highest BCUT2D eigenvalue weighted by molar-refractivity contribution is 7.19. The van der Waals surface area contributed by atoms with Gasteiger partial charge in [-0.15, -0.1) is 11.3 Å². The van der Waals surface area contributed by atoms with Crippen LogP contribution in [-0.4, -0.2) is 31.5 Å². The van der Waals surface area contributed by atoms with Crippen LogP contribution >= 0.6 is 11.3 Å². The number of thiophene rings is 1. The van der Waals surface area contributed by atoms with Gasteiger partial charge < -0.3 is 9.88 Å². The van der Waals surface area contributed by atoms with E-state index in [2.05, 4.69) is 48.0 Å². The minimum absolute atomic E-state index is 0.120. The third-order valence-electron chi connectivity index (χ3n) is 6.85. The molecule has 4 aromatic rings. The van der Waals surface area contributed by atoms with E-state index in [4.69, 9.17) is 0 Å². The fraction of sp³-hybridized carbons (Fsp3) is 0.346. The number of aryl methyl sites for hydroxylation is 2. The first-order valence-corrected chi connectivity index (χ1v) is 12.7. The molecule has 8 heteroatoms. The van der Waals surface area contributed by atoms with Gasteiger partial charge in [-0.25, -0.2) is 15.0 Å². The quantitative estimate of drug-likeness (QED) is 0.362. The second-order valence-electron chi connectivity index (χ2n) is 9.08. The maximum Gasteiger partial charge on any atom is 0.142 e. The highest BCUT2D eigenvalue weighted by Crippen LogP contribution is 2.41. The largest absolute Gasteiger partial charge is 0.340 e. The van der Waals surface area contributed by atoms with Gasteiger partial charge in [0.05, 0.1) is 18.3 Å². The number of hydrogen-bond donors (Lipinski definition) is 1. The van der Waals surface area contributed by atoms with Crippen molar-refractivity contribution in [2.75, 3.05) is 5.32 Å². The molecule has 0 saturated heterocycles. The van der Waals surface area contributed by atoms with E-state index >= 15 is 0 Å². The molecule has 1 aromatic carbocycles. The van der Waals surface area contributed by atoms with E-state index in [1.54, 1.807) is 23.9 Å². The zero-order valence-corrected chi connectivity index (χ0v) is 19.7. The number of aromatic nitrogens is 4. The molecule has 1 aliphatic carbocycles. The fourth-order valence-corrected chi connectivity index (χ4v) is 6.28. The number of anilines is 2. The lowest BCUT2D eigenvalue weighted by molar-refractivity contribution is -0.123. The molecule has 0 radical (unpaired) electrons. The van der Waals surface area contributed by atoms with Crippen molar-refractivity contribution in [3.8, 4) is 0 Å². The zero-order chi connectivity index (χ0) is 22.9. The number of imidazole rings is 1. The molecule has 0 fully saturated rings. The summed E-state index contributed by atoms with van der Waals surface area (Å²) in [6, 6.07) is 6.33. The maximum atomic E-state index is 12.9. The molecule has 1 atom stereocenters. The number of carbonyl (C=O) groups is 1. The smallest absolute Gasteiger partial charge is 0.142 e. The monoisotopic (exact) mass is 470 g/mol. The number of hydrogen-bond acceptors (Lipinski definition) is 7. The molecule has 1 aliphatic heterocycles. The summed E-state index contributed by atoms with van der Waals surface area (Å²) in [5.41, 5.74) is 4.74. The van der Waals surface area contributed by atoms with Gasteiger partial charge in [-0.3, -0.25) is 9.79 Å². The number of nitrogens with zero attached hydrogens (tertiary/aromatic N) is 5. The molecule has 2 aliphatic rings. The van der Waals surface area contributed by atoms with E-state index in [1.165, 1.54) is 16.0 Å². The number of nitrogens with one attached hydrogen (secondary N) is 1. The topological polar surface area (TPSA) is 85.1 Å². The average molecular weight is 471 g/mol. The van der Waals surface area contributed by atoms with Crippen molar-refractivity contribution in [1.29, 1.82) is 0 Å². The first-order valence-electron chi connectivity index (χ1n) is 11.9. The van der Waals surface area contributed by atoms with Gasteiger partial charge in [0, 0.05) is 48.1 Å². The summed E-state index contributed by atoms with van der Waals surface area (Å²) in [6.07, 6.45) is 14.4. The Morgan fingerprint density at radius 2 is 2.21 bits per heavy atom. The van der Waals surface area contributed by atoms with Crippen molar-refractivity contribution >= 4 is 45.1 Å². The van der Waals surface area contributed by atoms with Crippen LogP contribution in [-0.2, 0) is 30.7 Å². The number of benzene rings is 1. The highest BCUT2D eigenvalue weighted by atomic mass is 32.1. The van der Waals surface area contributed by atoms with E-state index in [1.807, 2.05) is 18.7 Å². The molecule has 34 heavy (non-hydrogen) atoms. The molecule has 3 aromatic heterocycles. The highest BCUT2D eigenvalue weighted by Gasteiger charge is 2.28. The van der Waals surface area contributed by atoms with Gasteiger partial charge in [-0.05, 0) is 60.9 Å². The summed E-state index contributed by atoms with van der Waals surface area (Å²) >= 11 is 1.72. The summed E-state index contributed by atoms with van der Waals surface area (Å²) < 4.78 is 2.07. The molecule has 6 rings (SSSR count). The Morgan fingerprint density at radius 1 is 1.24 bits per heavy atom. The van der Waals surface area contributed by atoms with Crippen molar-refractivity contribution in [1.82, 2.24) is 19.5 Å². The SMILES string of the molecule is O=C(CCCCn1ccnc1)C1CCc2c(sc3ncnc(Nc4ccc5c(c4)C=NC5)c23)C1. The Kier molecular flexibility index (Phi) is 5.66. The number of rotatable bonds is 8. The normalized spacial score (nSPS) is 16.5. The first kappa shape index (κ1) is 21.2. The van der Waals surface area contributed by atoms with Crippen molar-refractivity contribution < 1.29 is 4.79 Å². The summed E-state index contributed by atoms with van der Waals surface area (Å²) in [4.78, 5) is 32.8. The van der Waals surface area contributed by atoms with Crippen LogP contribution in [0.4, 0.5) is 11.5 Å². The lowest BCUT2D eigenvalue weighted by Crippen LogP contribution is -2.21. The lowest BCUT2D eigenvalue weighted by Gasteiger charge is -2.21. The summed E-state index contributed by atoms with van der Waals surface area (Å²) in [5.74, 6) is 1.37. The van der Waals surface area contributed by atoms with E-state index in [0.29, 0.717) is 12.2 Å². The molecule has 1 unspecified atom stereocenters. The number of aliphatic imine (C=N–C) groups is 1. The third kappa shape index (κ3) is 4.14. The van der Waals surface area contributed by atoms with Gasteiger partial charge in [0.2, 0.25) is 0 Å². The van der Waals surface area contributed by atoms with Crippen molar-refractivity contribution in [2.45, 2.75) is 51.6 Å². The Labute approximate surface area is 202 Å². The lowest BCUT2D eigenvalue weighted by atomic mass is 9.84. The van der Waals surface area contributed by atoms with Gasteiger partial charge in [-0.1, -0.05) is 6.07 Å². The van der Waals surface area contributed by atoms with Gasteiger partial charge >= 0.3 is 0 Å². The third-order valence-corrected chi connectivity index (χ3v) is 8.01. The maximum absolute atomic E-state index is 12.9. The van der Waals surface area contributed by atoms with Crippen molar-refractivity contribution in [3.05, 3.63) is 64.8 Å². The van der Waals surface area contributed by atoms with E-state index < -0.39 is 0 Å². The van der Waals surface area contributed by atoms with E-state index in [9.17, 15) is 4.79 Å². The molecule has 0 amide bonds. The van der Waals surface area contributed by atoms with E-state index in [-0.39, 0.29) is 5.92 Å². The molecular formula is C26H26N6OS. The van der Waals surface area contributed by atoms with Crippen LogP contribution in [0, 0.1) is 5.92 Å². The minimum atomic E-state index is 0.120. The fourth-order valence-electron chi connectivity index (χ4n) is 5.01. The average Bonchev–Trinajstić information content (AvgIpc) is 3.60. The van der Waals surface area contributed by atoms with E-state index in [0.717, 1.165) is 72.5 Å². The second-order valence-corrected chi connectivity index (χ2v) is 10.2. The second kappa shape index (κ2) is 9.10. The van der Waals surface area contributed by atoms with Gasteiger partial charge in [-0.2, -0.15) is 0 Å². The number of ketones is 1. The molecule has 0 spiro atoms. The number of Topliss-reactive ketones (excluding diaryl/α,β-unsaturated/α-hetero) is 1. The predicted octanol–water partition coefficient (Wildman–Crippen LogP) is 5.11. The molecule has 4 heterocycles. The van der Waals surface area contributed by atoms with Crippen LogP contribution in [0.5, 0.6) is 0 Å². The van der Waals surface area contributed by atoms with Crippen LogP contribution in [0.15, 0.2) is 48.2 Å². The first-order chi connectivity index (χ1) is 16.7. The Balaban J connectivity index is 1.15. The van der Waals surface area contributed by atoms with Crippen LogP contribution in [0.1, 0.15) is 47.3 Å². The molecule has 1 N–H and O–H groups in total. The summed E-state index contributed by atoms with van der Waals surface area (Å²) in [6.45, 7) is 1.68. The van der Waals surface area contributed by atoms with Crippen LogP contribution in [0.3, 0.4) is 0 Å². The van der Waals surface area contributed by atoms with Gasteiger partial charge in [0.1, 0.15) is 22.8 Å². The summed E-state index contributed by atoms with van der Waals surface area (Å²) in [5, 5.41) is 4.63. The van der Waals surface area contributed by atoms with Gasteiger partial charge in [0.15, 0.2) is 0 Å². The van der Waals surface area contributed by atoms with Crippen LogP contribution in [0.2, 0.25) is 0 Å². The van der Waals surface area contributed by atoms with Gasteiger partial charge in [0.25, 0.3) is 0 Å². The predicted molar refractivity (Wildman–Crippen MR) is 135 cm³/mol. The van der Waals surface area contributed by atoms with Crippen molar-refractivity contribution in [2.24, 2.45) is 10.9 Å². The Hall–Kier alpha value is -3.39. The number of unbranched alkanes of at least 4 members (excludes halogenated alkanes) is 1. The molecule has 7 nitrogen and oxygen atoms in total. The van der Waals surface area contributed by atoms with Crippen molar-refractivity contribution in [3.63, 3.8) is 0 Å². The van der Waals surface area contributed by atoms with Crippen LogP contribution in [0.25, 0.3) is 10.2 Å². The molecule has 172 valence electrons.